The van der Waals surface area contributed by atoms with Gasteiger partial charge in [0.1, 0.15) is 22.9 Å². The van der Waals surface area contributed by atoms with E-state index in [4.69, 9.17) is 21.3 Å². The summed E-state index contributed by atoms with van der Waals surface area (Å²) in [6.07, 6.45) is 0.175. The van der Waals surface area contributed by atoms with Crippen LogP contribution in [-0.4, -0.2) is 87.3 Å². The second-order valence-corrected chi connectivity index (χ2v) is 14.3. The number of aryl methyl sites for hydroxylation is 2. The van der Waals surface area contributed by atoms with Gasteiger partial charge in [-0.1, -0.05) is 29.8 Å². The molecular weight excluding hydrogens is 708 g/mol. The molecule has 1 fully saturated rings. The summed E-state index contributed by atoms with van der Waals surface area (Å²) >= 11 is 7.85. The molecule has 268 valence electrons. The quantitative estimate of drug-likeness (QED) is 0.152. The van der Waals surface area contributed by atoms with E-state index in [1.807, 2.05) is 35.8 Å². The second kappa shape index (κ2) is 14.4. The summed E-state index contributed by atoms with van der Waals surface area (Å²) in [4.78, 5) is 70.8. The minimum Gasteiger partial charge on any atom is -0.382 e. The van der Waals surface area contributed by atoms with Crippen molar-refractivity contribution in [2.75, 3.05) is 31.6 Å². The van der Waals surface area contributed by atoms with E-state index in [2.05, 4.69) is 40.0 Å². The number of piperidine rings is 1. The number of imide groups is 2. The Bertz CT molecular complexity index is 2160. The van der Waals surface area contributed by atoms with E-state index in [1.165, 1.54) is 6.07 Å². The third kappa shape index (κ3) is 6.50. The van der Waals surface area contributed by atoms with Crippen LogP contribution in [0.15, 0.2) is 47.5 Å². The standard InChI is InChI=1S/C36H35ClN8O6S/c1-18-19(2)52-36-29(18)31(21-7-9-22(37)10-8-21)40-25(32-43-42-20(3)44(32)36)17-28(47)39-14-16-51-15-13-38-24-6-4-5-23-30(24)35(50)45(34(23)49)26-11-12-27(46)41-33(26)48/h4-10,25-26,38H,11-17H2,1-3H3,(H,39,47)(H,41,46,48)/t25-,26?/m0/s1. The maximum absolute atomic E-state index is 13.3. The summed E-state index contributed by atoms with van der Waals surface area (Å²) in [7, 11) is 0. The molecule has 0 spiro atoms. The highest BCUT2D eigenvalue weighted by Crippen LogP contribution is 2.39. The first-order valence-corrected chi connectivity index (χ1v) is 18.0. The van der Waals surface area contributed by atoms with Crippen molar-refractivity contribution in [1.29, 1.82) is 0 Å². The van der Waals surface area contributed by atoms with E-state index in [0.717, 1.165) is 37.2 Å². The molecule has 3 N–H and O–H groups in total. The predicted molar refractivity (Wildman–Crippen MR) is 193 cm³/mol. The Labute approximate surface area is 307 Å². The molecule has 1 unspecified atom stereocenters. The van der Waals surface area contributed by atoms with Crippen molar-refractivity contribution in [2.45, 2.75) is 52.1 Å². The first kappa shape index (κ1) is 35.2. The molecule has 2 aromatic carbocycles. The van der Waals surface area contributed by atoms with Gasteiger partial charge < -0.3 is 15.4 Å². The third-order valence-corrected chi connectivity index (χ3v) is 10.8. The topological polar surface area (TPSA) is 177 Å². The highest BCUT2D eigenvalue weighted by atomic mass is 35.5. The highest BCUT2D eigenvalue weighted by Gasteiger charge is 2.45. The number of rotatable bonds is 11. The van der Waals surface area contributed by atoms with Crippen LogP contribution in [0.4, 0.5) is 5.69 Å². The van der Waals surface area contributed by atoms with Gasteiger partial charge in [0, 0.05) is 46.2 Å². The van der Waals surface area contributed by atoms with Crippen LogP contribution in [0.5, 0.6) is 0 Å². The lowest BCUT2D eigenvalue weighted by molar-refractivity contribution is -0.136. The van der Waals surface area contributed by atoms with Crippen molar-refractivity contribution >= 4 is 63.9 Å². The molecule has 0 aliphatic carbocycles. The van der Waals surface area contributed by atoms with Crippen molar-refractivity contribution in [3.8, 4) is 5.00 Å². The number of carbonyl (C=O) groups excluding carboxylic acids is 5. The molecule has 3 aliphatic heterocycles. The molecule has 5 heterocycles. The van der Waals surface area contributed by atoms with Crippen LogP contribution < -0.4 is 16.0 Å². The van der Waals surface area contributed by atoms with Gasteiger partial charge in [-0.05, 0) is 57.0 Å². The molecule has 3 aliphatic rings. The average Bonchev–Trinajstić information content (AvgIpc) is 3.69. The summed E-state index contributed by atoms with van der Waals surface area (Å²) in [6, 6.07) is 10.7. The lowest BCUT2D eigenvalue weighted by Gasteiger charge is -2.27. The molecule has 2 aromatic heterocycles. The van der Waals surface area contributed by atoms with Gasteiger partial charge in [-0.25, -0.2) is 0 Å². The third-order valence-electron chi connectivity index (χ3n) is 9.33. The maximum atomic E-state index is 13.3. The number of thiophene rings is 1. The first-order valence-electron chi connectivity index (χ1n) is 16.8. The van der Waals surface area contributed by atoms with Crippen molar-refractivity contribution in [2.24, 2.45) is 4.99 Å². The fourth-order valence-electron chi connectivity index (χ4n) is 6.67. The number of halogens is 1. The molecule has 1 saturated heterocycles. The minimum atomic E-state index is -1.04. The Balaban J connectivity index is 0.948. The SMILES string of the molecule is Cc1sc2c(c1C)C(c1ccc(Cl)cc1)=N[C@@H](CC(=O)NCCOCCNc1cccc3c1C(=O)N(C1CCC(=O)NC1=O)C3=O)c1nnc(C)n1-2. The summed E-state index contributed by atoms with van der Waals surface area (Å²) < 4.78 is 7.73. The van der Waals surface area contributed by atoms with E-state index in [-0.39, 0.29) is 56.1 Å². The van der Waals surface area contributed by atoms with Gasteiger partial charge in [-0.2, -0.15) is 0 Å². The number of ether oxygens (including phenoxy) is 1. The molecule has 16 heteroatoms. The van der Waals surface area contributed by atoms with Crippen molar-refractivity contribution < 1.29 is 28.7 Å². The number of amides is 5. The molecule has 5 amide bonds. The zero-order valence-corrected chi connectivity index (χ0v) is 30.2. The van der Waals surface area contributed by atoms with Crippen LogP contribution in [0.2, 0.25) is 5.02 Å². The van der Waals surface area contributed by atoms with E-state index < -0.39 is 35.7 Å². The van der Waals surface area contributed by atoms with Crippen LogP contribution in [-0.2, 0) is 19.1 Å². The van der Waals surface area contributed by atoms with Gasteiger partial charge in [-0.3, -0.25) is 43.7 Å². The predicted octanol–water partition coefficient (Wildman–Crippen LogP) is 3.84. The van der Waals surface area contributed by atoms with E-state index in [9.17, 15) is 24.0 Å². The Morgan fingerprint density at radius 2 is 1.77 bits per heavy atom. The van der Waals surface area contributed by atoms with Gasteiger partial charge in [-0.15, -0.1) is 21.5 Å². The Morgan fingerprint density at radius 3 is 2.54 bits per heavy atom. The Hall–Kier alpha value is -5.25. The van der Waals surface area contributed by atoms with Crippen molar-refractivity contribution in [3.63, 3.8) is 0 Å². The summed E-state index contributed by atoms with van der Waals surface area (Å²) in [6.45, 7) is 7.09. The van der Waals surface area contributed by atoms with E-state index >= 15 is 0 Å². The van der Waals surface area contributed by atoms with Crippen LogP contribution in [0.3, 0.4) is 0 Å². The number of anilines is 1. The van der Waals surface area contributed by atoms with Crippen LogP contribution in [0.25, 0.3) is 5.00 Å². The number of nitrogens with zero attached hydrogens (tertiary/aromatic N) is 5. The van der Waals surface area contributed by atoms with Gasteiger partial charge in [0.25, 0.3) is 11.8 Å². The molecule has 0 saturated carbocycles. The normalized spacial score (nSPS) is 18.0. The lowest BCUT2D eigenvalue weighted by atomic mass is 9.99. The molecule has 7 rings (SSSR count). The fourth-order valence-corrected chi connectivity index (χ4v) is 8.01. The smallest absolute Gasteiger partial charge is 0.264 e. The van der Waals surface area contributed by atoms with E-state index in [0.29, 0.717) is 28.9 Å². The molecule has 52 heavy (non-hydrogen) atoms. The fraction of sp³-hybridized carbons (Fsp3) is 0.333. The summed E-state index contributed by atoms with van der Waals surface area (Å²) in [5, 5.41) is 18.6. The molecule has 4 aromatic rings. The number of benzene rings is 2. The van der Waals surface area contributed by atoms with E-state index in [1.54, 1.807) is 23.5 Å². The number of aromatic nitrogens is 3. The van der Waals surface area contributed by atoms with Gasteiger partial charge in [0.2, 0.25) is 17.7 Å². The van der Waals surface area contributed by atoms with Gasteiger partial charge >= 0.3 is 0 Å². The van der Waals surface area contributed by atoms with Gasteiger partial charge in [0.05, 0.1) is 36.5 Å². The molecular formula is C36H35ClN8O6S. The number of hydrogen-bond donors (Lipinski definition) is 3. The average molecular weight is 743 g/mol. The Kier molecular flexibility index (Phi) is 9.74. The zero-order valence-electron chi connectivity index (χ0n) is 28.6. The molecule has 2 atom stereocenters. The number of carbonyl (C=O) groups is 5. The van der Waals surface area contributed by atoms with Crippen molar-refractivity contribution in [3.05, 3.63) is 91.8 Å². The Morgan fingerprint density at radius 1 is 1.00 bits per heavy atom. The zero-order chi connectivity index (χ0) is 36.7. The van der Waals surface area contributed by atoms with Crippen molar-refractivity contribution in [1.82, 2.24) is 30.3 Å². The monoisotopic (exact) mass is 742 g/mol. The molecule has 14 nitrogen and oxygen atoms in total. The second-order valence-electron chi connectivity index (χ2n) is 12.7. The largest absolute Gasteiger partial charge is 0.382 e. The summed E-state index contributed by atoms with van der Waals surface area (Å²) in [5.41, 5.74) is 4.56. The number of aliphatic imine (C=N–C) groups is 1. The lowest BCUT2D eigenvalue weighted by Crippen LogP contribution is -2.54. The van der Waals surface area contributed by atoms with Crippen LogP contribution in [0.1, 0.15) is 79.2 Å². The number of hydrogen-bond acceptors (Lipinski definition) is 11. The number of fused-ring (bicyclic) bond motifs is 4. The first-order chi connectivity index (χ1) is 25.0. The summed E-state index contributed by atoms with van der Waals surface area (Å²) in [5.74, 6) is -1.17. The minimum absolute atomic E-state index is 0.0463. The molecule has 0 bridgehead atoms. The van der Waals surface area contributed by atoms with Crippen LogP contribution in [0, 0.1) is 20.8 Å². The molecule has 0 radical (unpaired) electrons. The van der Waals surface area contributed by atoms with Gasteiger partial charge in [0.15, 0.2) is 5.82 Å². The highest BCUT2D eigenvalue weighted by molar-refractivity contribution is 7.15. The maximum Gasteiger partial charge on any atom is 0.264 e. The van der Waals surface area contributed by atoms with Crippen LogP contribution >= 0.6 is 22.9 Å². The number of nitrogens with one attached hydrogen (secondary N) is 3.